The van der Waals surface area contributed by atoms with Crippen LogP contribution >= 0.6 is 0 Å². The summed E-state index contributed by atoms with van der Waals surface area (Å²) in [6.07, 6.45) is 3.99. The Kier molecular flexibility index (Phi) is 4.81. The third-order valence-electron chi connectivity index (χ3n) is 4.53. The van der Waals surface area contributed by atoms with Gasteiger partial charge in [-0.25, -0.2) is 9.97 Å². The van der Waals surface area contributed by atoms with Gasteiger partial charge in [-0.05, 0) is 38.4 Å². The van der Waals surface area contributed by atoms with Crippen molar-refractivity contribution in [1.82, 2.24) is 15.3 Å². The Labute approximate surface area is 136 Å². The first kappa shape index (κ1) is 15.8. The molecule has 1 saturated heterocycles. The fraction of sp³-hybridized carbons (Fsp3) is 0.529. The predicted molar refractivity (Wildman–Crippen MR) is 91.5 cm³/mol. The third kappa shape index (κ3) is 3.17. The van der Waals surface area contributed by atoms with E-state index < -0.39 is 0 Å². The molecule has 0 amide bonds. The third-order valence-corrected chi connectivity index (χ3v) is 4.53. The minimum absolute atomic E-state index is 0.692. The monoisotopic (exact) mass is 316 g/mol. The SMILES string of the molecule is CNCC1CCN(c2ncnc3cc(OC)c(OC)cc23)CC1. The molecule has 124 valence electrons. The van der Waals surface area contributed by atoms with Crippen LogP contribution in [0.2, 0.25) is 0 Å². The number of piperidine rings is 1. The number of benzene rings is 1. The number of anilines is 1. The Morgan fingerprint density at radius 3 is 2.48 bits per heavy atom. The van der Waals surface area contributed by atoms with E-state index in [4.69, 9.17) is 9.47 Å². The van der Waals surface area contributed by atoms with Gasteiger partial charge in [-0.3, -0.25) is 0 Å². The number of aromatic nitrogens is 2. The molecule has 0 saturated carbocycles. The van der Waals surface area contributed by atoms with Crippen LogP contribution in [0.1, 0.15) is 12.8 Å². The maximum absolute atomic E-state index is 5.43. The summed E-state index contributed by atoms with van der Waals surface area (Å²) in [5.74, 6) is 3.14. The van der Waals surface area contributed by atoms with E-state index in [9.17, 15) is 0 Å². The summed E-state index contributed by atoms with van der Waals surface area (Å²) in [6, 6.07) is 3.89. The summed E-state index contributed by atoms with van der Waals surface area (Å²) < 4.78 is 10.8. The molecule has 0 aliphatic carbocycles. The van der Waals surface area contributed by atoms with Crippen molar-refractivity contribution in [2.45, 2.75) is 12.8 Å². The van der Waals surface area contributed by atoms with Gasteiger partial charge in [0.1, 0.15) is 12.1 Å². The lowest BCUT2D eigenvalue weighted by Gasteiger charge is -2.33. The van der Waals surface area contributed by atoms with Crippen molar-refractivity contribution < 1.29 is 9.47 Å². The molecule has 0 spiro atoms. The normalized spacial score (nSPS) is 15.9. The largest absolute Gasteiger partial charge is 0.493 e. The van der Waals surface area contributed by atoms with Gasteiger partial charge in [0.2, 0.25) is 0 Å². The smallest absolute Gasteiger partial charge is 0.162 e. The fourth-order valence-corrected chi connectivity index (χ4v) is 3.26. The quantitative estimate of drug-likeness (QED) is 0.911. The summed E-state index contributed by atoms with van der Waals surface area (Å²) in [7, 11) is 5.30. The number of nitrogens with one attached hydrogen (secondary N) is 1. The number of nitrogens with zero attached hydrogens (tertiary/aromatic N) is 3. The van der Waals surface area contributed by atoms with Crippen molar-refractivity contribution in [3.05, 3.63) is 18.5 Å². The zero-order chi connectivity index (χ0) is 16.2. The van der Waals surface area contributed by atoms with Gasteiger partial charge in [0.15, 0.2) is 11.5 Å². The molecule has 6 nitrogen and oxygen atoms in total. The Morgan fingerprint density at radius 2 is 1.83 bits per heavy atom. The average molecular weight is 316 g/mol. The maximum Gasteiger partial charge on any atom is 0.162 e. The standard InChI is InChI=1S/C17H24N4O2/c1-18-10-12-4-6-21(7-5-12)17-13-8-15(22-2)16(23-3)9-14(13)19-11-20-17/h8-9,11-12,18H,4-7,10H2,1-3H3. The van der Waals surface area contributed by atoms with E-state index in [2.05, 4.69) is 20.2 Å². The highest BCUT2D eigenvalue weighted by molar-refractivity contribution is 5.92. The van der Waals surface area contributed by atoms with Gasteiger partial charge >= 0.3 is 0 Å². The molecule has 3 rings (SSSR count). The Balaban J connectivity index is 1.92. The average Bonchev–Trinajstić information content (AvgIpc) is 2.61. The Morgan fingerprint density at radius 1 is 1.13 bits per heavy atom. The van der Waals surface area contributed by atoms with Crippen LogP contribution in [-0.4, -0.2) is 50.9 Å². The molecule has 2 aromatic rings. The van der Waals surface area contributed by atoms with Crippen molar-refractivity contribution >= 4 is 16.7 Å². The Hall–Kier alpha value is -2.08. The van der Waals surface area contributed by atoms with E-state index in [0.29, 0.717) is 11.5 Å². The molecule has 23 heavy (non-hydrogen) atoms. The first-order valence-electron chi connectivity index (χ1n) is 8.03. The number of fused-ring (bicyclic) bond motifs is 1. The zero-order valence-corrected chi connectivity index (χ0v) is 14.0. The summed E-state index contributed by atoms with van der Waals surface area (Å²) in [5, 5.41) is 4.29. The Bertz CT molecular complexity index is 669. The molecule has 1 aromatic heterocycles. The topological polar surface area (TPSA) is 59.5 Å². The number of ether oxygens (including phenoxy) is 2. The van der Waals surface area contributed by atoms with E-state index in [0.717, 1.165) is 42.3 Å². The lowest BCUT2D eigenvalue weighted by Crippen LogP contribution is -2.37. The van der Waals surface area contributed by atoms with Gasteiger partial charge in [-0.15, -0.1) is 0 Å². The maximum atomic E-state index is 5.43. The summed E-state index contributed by atoms with van der Waals surface area (Å²) in [6.45, 7) is 3.13. The fourth-order valence-electron chi connectivity index (χ4n) is 3.26. The van der Waals surface area contributed by atoms with E-state index in [-0.39, 0.29) is 0 Å². The van der Waals surface area contributed by atoms with Gasteiger partial charge in [0.25, 0.3) is 0 Å². The lowest BCUT2D eigenvalue weighted by molar-refractivity contribution is 0.355. The molecule has 2 heterocycles. The van der Waals surface area contributed by atoms with Crippen molar-refractivity contribution in [3.63, 3.8) is 0 Å². The minimum Gasteiger partial charge on any atom is -0.493 e. The summed E-state index contributed by atoms with van der Waals surface area (Å²) in [5.41, 5.74) is 0.880. The molecule has 1 N–H and O–H groups in total. The first-order chi connectivity index (χ1) is 11.3. The van der Waals surface area contributed by atoms with Crippen molar-refractivity contribution in [3.8, 4) is 11.5 Å². The highest BCUT2D eigenvalue weighted by Crippen LogP contribution is 2.35. The molecule has 1 fully saturated rings. The number of hydrogen-bond donors (Lipinski definition) is 1. The molecule has 0 unspecified atom stereocenters. The van der Waals surface area contributed by atoms with Gasteiger partial charge < -0.3 is 19.7 Å². The molecule has 1 aliphatic heterocycles. The van der Waals surface area contributed by atoms with Gasteiger partial charge in [-0.1, -0.05) is 0 Å². The molecule has 1 aromatic carbocycles. The van der Waals surface area contributed by atoms with Crippen LogP contribution in [0.15, 0.2) is 18.5 Å². The molecule has 0 atom stereocenters. The van der Waals surface area contributed by atoms with Crippen molar-refractivity contribution in [1.29, 1.82) is 0 Å². The van der Waals surface area contributed by atoms with Crippen molar-refractivity contribution in [2.75, 3.05) is 45.8 Å². The van der Waals surface area contributed by atoms with Crippen LogP contribution in [0, 0.1) is 5.92 Å². The highest BCUT2D eigenvalue weighted by Gasteiger charge is 2.22. The van der Waals surface area contributed by atoms with Crippen LogP contribution in [0.3, 0.4) is 0 Å². The van der Waals surface area contributed by atoms with E-state index in [1.54, 1.807) is 20.5 Å². The zero-order valence-electron chi connectivity index (χ0n) is 14.0. The second-order valence-corrected chi connectivity index (χ2v) is 5.91. The van der Waals surface area contributed by atoms with E-state index in [1.807, 2.05) is 19.2 Å². The second kappa shape index (κ2) is 7.00. The van der Waals surface area contributed by atoms with Gasteiger partial charge in [0, 0.05) is 24.5 Å². The minimum atomic E-state index is 0.692. The van der Waals surface area contributed by atoms with Gasteiger partial charge in [-0.2, -0.15) is 0 Å². The molecular formula is C17H24N4O2. The molecular weight excluding hydrogens is 292 g/mol. The first-order valence-corrected chi connectivity index (χ1v) is 8.03. The summed E-state index contributed by atoms with van der Waals surface area (Å²) >= 11 is 0. The highest BCUT2D eigenvalue weighted by atomic mass is 16.5. The van der Waals surface area contributed by atoms with Crippen LogP contribution in [0.5, 0.6) is 11.5 Å². The molecule has 0 radical (unpaired) electrons. The summed E-state index contributed by atoms with van der Waals surface area (Å²) in [4.78, 5) is 11.3. The molecule has 0 bridgehead atoms. The number of rotatable bonds is 5. The second-order valence-electron chi connectivity index (χ2n) is 5.91. The number of methoxy groups -OCH3 is 2. The molecule has 6 heteroatoms. The number of hydrogen-bond acceptors (Lipinski definition) is 6. The van der Waals surface area contributed by atoms with Crippen LogP contribution in [0.4, 0.5) is 5.82 Å². The van der Waals surface area contributed by atoms with Crippen LogP contribution in [-0.2, 0) is 0 Å². The van der Waals surface area contributed by atoms with E-state index in [1.165, 1.54) is 12.8 Å². The molecule has 1 aliphatic rings. The van der Waals surface area contributed by atoms with E-state index >= 15 is 0 Å². The van der Waals surface area contributed by atoms with Gasteiger partial charge in [0.05, 0.1) is 19.7 Å². The van der Waals surface area contributed by atoms with Crippen LogP contribution in [0.25, 0.3) is 10.9 Å². The predicted octanol–water partition coefficient (Wildman–Crippen LogP) is 2.08. The lowest BCUT2D eigenvalue weighted by atomic mass is 9.96. The van der Waals surface area contributed by atoms with Crippen LogP contribution < -0.4 is 19.7 Å². The van der Waals surface area contributed by atoms with Crippen molar-refractivity contribution in [2.24, 2.45) is 5.92 Å².